The van der Waals surface area contributed by atoms with E-state index in [0.717, 1.165) is 55.3 Å². The zero-order valence-corrected chi connectivity index (χ0v) is 14.4. The summed E-state index contributed by atoms with van der Waals surface area (Å²) in [6, 6.07) is 8.10. The first-order chi connectivity index (χ1) is 11.6. The van der Waals surface area contributed by atoms with Gasteiger partial charge in [-0.1, -0.05) is 28.9 Å². The number of hydrogen-bond donors (Lipinski definition) is 0. The standard InChI is InChI=1S/C18H19ClN4O/c1-13(21-12-20)23-9-8-17(11-23)10-16(22-24-17)18(6-7-18)14-2-4-15(19)5-3-14/h2-5H,6-11H2,1H3. The van der Waals surface area contributed by atoms with Gasteiger partial charge >= 0.3 is 0 Å². The maximum Gasteiger partial charge on any atom is 0.207 e. The van der Waals surface area contributed by atoms with Gasteiger partial charge in [0.25, 0.3) is 0 Å². The van der Waals surface area contributed by atoms with Crippen LogP contribution in [-0.2, 0) is 10.3 Å². The predicted molar refractivity (Wildman–Crippen MR) is 93.1 cm³/mol. The first kappa shape index (κ1) is 15.5. The molecular formula is C18H19ClN4O. The van der Waals surface area contributed by atoms with Crippen molar-refractivity contribution >= 4 is 23.1 Å². The molecule has 1 aromatic carbocycles. The molecule has 124 valence electrons. The van der Waals surface area contributed by atoms with Crippen molar-refractivity contribution < 1.29 is 4.84 Å². The Morgan fingerprint density at radius 2 is 2.08 bits per heavy atom. The topological polar surface area (TPSA) is 61.0 Å². The molecule has 24 heavy (non-hydrogen) atoms. The number of halogens is 1. The Hall–Kier alpha value is -2.06. The summed E-state index contributed by atoms with van der Waals surface area (Å²) in [6.45, 7) is 3.47. The van der Waals surface area contributed by atoms with Crippen molar-refractivity contribution in [1.29, 1.82) is 5.26 Å². The average molecular weight is 343 g/mol. The predicted octanol–water partition coefficient (Wildman–Crippen LogP) is 3.49. The Balaban J connectivity index is 1.50. The third kappa shape index (κ3) is 2.46. The van der Waals surface area contributed by atoms with Crippen LogP contribution in [0.1, 0.15) is 38.2 Å². The Labute approximate surface area is 146 Å². The normalized spacial score (nSPS) is 27.8. The zero-order valence-electron chi connectivity index (χ0n) is 13.6. The molecule has 1 atom stereocenters. The monoisotopic (exact) mass is 342 g/mol. The fourth-order valence-corrected chi connectivity index (χ4v) is 4.02. The molecule has 1 aliphatic carbocycles. The van der Waals surface area contributed by atoms with Gasteiger partial charge in [-0.3, -0.25) is 0 Å². The summed E-state index contributed by atoms with van der Waals surface area (Å²) >= 11 is 6.02. The molecule has 2 fully saturated rings. The zero-order chi connectivity index (χ0) is 16.8. The van der Waals surface area contributed by atoms with Crippen molar-refractivity contribution in [2.45, 2.75) is 43.6 Å². The molecule has 5 nitrogen and oxygen atoms in total. The van der Waals surface area contributed by atoms with Gasteiger partial charge in [-0.05, 0) is 37.5 Å². The van der Waals surface area contributed by atoms with Crippen molar-refractivity contribution in [2.24, 2.45) is 10.1 Å². The van der Waals surface area contributed by atoms with Gasteiger partial charge in [0.2, 0.25) is 6.19 Å². The van der Waals surface area contributed by atoms with Crippen LogP contribution in [0.15, 0.2) is 34.4 Å². The van der Waals surface area contributed by atoms with Gasteiger partial charge in [0, 0.05) is 29.8 Å². The van der Waals surface area contributed by atoms with Crippen LogP contribution >= 0.6 is 11.6 Å². The number of amidine groups is 1. The molecule has 1 saturated heterocycles. The molecule has 0 aromatic heterocycles. The van der Waals surface area contributed by atoms with Gasteiger partial charge in [0.15, 0.2) is 5.60 Å². The quantitative estimate of drug-likeness (QED) is 0.469. The summed E-state index contributed by atoms with van der Waals surface area (Å²) in [5, 5.41) is 14.0. The molecule has 3 aliphatic rings. The van der Waals surface area contributed by atoms with E-state index in [4.69, 9.17) is 21.7 Å². The number of likely N-dealkylation sites (tertiary alicyclic amines) is 1. The van der Waals surface area contributed by atoms with E-state index in [1.807, 2.05) is 25.2 Å². The van der Waals surface area contributed by atoms with Crippen molar-refractivity contribution in [3.63, 3.8) is 0 Å². The summed E-state index contributed by atoms with van der Waals surface area (Å²) in [4.78, 5) is 11.9. The van der Waals surface area contributed by atoms with Gasteiger partial charge < -0.3 is 9.74 Å². The number of aliphatic imine (C=N–C) groups is 1. The summed E-state index contributed by atoms with van der Waals surface area (Å²) in [5.74, 6) is 0.755. The summed E-state index contributed by atoms with van der Waals surface area (Å²) in [5.41, 5.74) is 2.21. The third-order valence-electron chi connectivity index (χ3n) is 5.52. The van der Waals surface area contributed by atoms with Gasteiger partial charge in [-0.15, -0.1) is 0 Å². The smallest absolute Gasteiger partial charge is 0.207 e. The maximum absolute atomic E-state index is 8.73. The Morgan fingerprint density at radius 3 is 2.75 bits per heavy atom. The molecule has 2 aliphatic heterocycles. The largest absolute Gasteiger partial charge is 0.387 e. The van der Waals surface area contributed by atoms with E-state index in [1.165, 1.54) is 5.56 Å². The van der Waals surface area contributed by atoms with E-state index in [1.54, 1.807) is 0 Å². The molecule has 0 amide bonds. The van der Waals surface area contributed by atoms with E-state index >= 15 is 0 Å². The number of nitriles is 1. The van der Waals surface area contributed by atoms with Crippen molar-refractivity contribution in [1.82, 2.24) is 4.90 Å². The third-order valence-corrected chi connectivity index (χ3v) is 5.78. The van der Waals surface area contributed by atoms with Crippen LogP contribution in [0.3, 0.4) is 0 Å². The summed E-state index contributed by atoms with van der Waals surface area (Å²) in [6.07, 6.45) is 5.86. The van der Waals surface area contributed by atoms with Crippen molar-refractivity contribution in [3.8, 4) is 6.19 Å². The lowest BCUT2D eigenvalue weighted by molar-refractivity contribution is -0.00633. The fraction of sp³-hybridized carbons (Fsp3) is 0.500. The number of benzene rings is 1. The maximum atomic E-state index is 8.73. The highest BCUT2D eigenvalue weighted by atomic mass is 35.5. The minimum Gasteiger partial charge on any atom is -0.387 e. The number of rotatable bonds is 2. The molecule has 6 heteroatoms. The molecule has 4 rings (SSSR count). The molecule has 1 aromatic rings. The van der Waals surface area contributed by atoms with E-state index in [0.29, 0.717) is 0 Å². The molecule has 1 saturated carbocycles. The lowest BCUT2D eigenvalue weighted by Crippen LogP contribution is -2.36. The van der Waals surface area contributed by atoms with Gasteiger partial charge in [0.1, 0.15) is 5.84 Å². The summed E-state index contributed by atoms with van der Waals surface area (Å²) < 4.78 is 0. The van der Waals surface area contributed by atoms with E-state index in [2.05, 4.69) is 27.2 Å². The second-order valence-corrected chi connectivity index (χ2v) is 7.45. The molecule has 1 unspecified atom stereocenters. The lowest BCUT2D eigenvalue weighted by atomic mass is 9.84. The first-order valence-corrected chi connectivity index (χ1v) is 8.65. The molecule has 1 spiro atoms. The van der Waals surface area contributed by atoms with Crippen molar-refractivity contribution in [2.75, 3.05) is 13.1 Å². The van der Waals surface area contributed by atoms with E-state index in [9.17, 15) is 0 Å². The van der Waals surface area contributed by atoms with Crippen LogP contribution in [0.25, 0.3) is 0 Å². The van der Waals surface area contributed by atoms with Gasteiger partial charge in [-0.2, -0.15) is 10.3 Å². The van der Waals surface area contributed by atoms with Crippen LogP contribution in [0.4, 0.5) is 0 Å². The van der Waals surface area contributed by atoms with Crippen LogP contribution < -0.4 is 0 Å². The van der Waals surface area contributed by atoms with Gasteiger partial charge in [0.05, 0.1) is 12.3 Å². The Morgan fingerprint density at radius 1 is 1.33 bits per heavy atom. The minimum absolute atomic E-state index is 0.0390. The molecule has 2 heterocycles. The average Bonchev–Trinajstić information content (AvgIpc) is 3.12. The number of oxime groups is 1. The Kier molecular flexibility index (Phi) is 3.54. The molecule has 0 radical (unpaired) electrons. The van der Waals surface area contributed by atoms with Crippen LogP contribution in [0, 0.1) is 11.5 Å². The van der Waals surface area contributed by atoms with Crippen LogP contribution in [0.5, 0.6) is 0 Å². The van der Waals surface area contributed by atoms with Crippen molar-refractivity contribution in [3.05, 3.63) is 34.9 Å². The number of nitrogens with zero attached hydrogens (tertiary/aromatic N) is 4. The number of hydrogen-bond acceptors (Lipinski definition) is 4. The highest BCUT2D eigenvalue weighted by Crippen LogP contribution is 2.53. The lowest BCUT2D eigenvalue weighted by Gasteiger charge is -2.23. The highest BCUT2D eigenvalue weighted by molar-refractivity contribution is 6.30. The van der Waals surface area contributed by atoms with Crippen LogP contribution in [-0.4, -0.2) is 35.1 Å². The van der Waals surface area contributed by atoms with E-state index < -0.39 is 0 Å². The summed E-state index contributed by atoms with van der Waals surface area (Å²) in [7, 11) is 0. The SMILES string of the molecule is CC(=NC#N)N1CCC2(CC(C3(c4ccc(Cl)cc4)CC3)=NO2)C1. The van der Waals surface area contributed by atoms with Gasteiger partial charge in [-0.25, -0.2) is 0 Å². The second kappa shape index (κ2) is 5.49. The molecule has 0 bridgehead atoms. The van der Waals surface area contributed by atoms with E-state index in [-0.39, 0.29) is 11.0 Å². The fourth-order valence-electron chi connectivity index (χ4n) is 3.90. The van der Waals surface area contributed by atoms with Crippen LogP contribution in [0.2, 0.25) is 5.02 Å². The molecule has 0 N–H and O–H groups in total. The highest BCUT2D eigenvalue weighted by Gasteiger charge is 2.56. The Bertz CT molecular complexity index is 760. The first-order valence-electron chi connectivity index (χ1n) is 8.27. The minimum atomic E-state index is -0.260. The molecular weight excluding hydrogens is 324 g/mol. The second-order valence-electron chi connectivity index (χ2n) is 7.01.